The Morgan fingerprint density at radius 1 is 1.22 bits per heavy atom. The molecule has 0 heterocycles. The first-order valence-electron chi connectivity index (χ1n) is 6.37. The van der Waals surface area contributed by atoms with Gasteiger partial charge in [0.2, 0.25) is 0 Å². The molecule has 1 unspecified atom stereocenters. The second kappa shape index (κ2) is 8.06. The van der Waals surface area contributed by atoms with E-state index in [1.54, 1.807) is 0 Å². The lowest BCUT2D eigenvalue weighted by Crippen LogP contribution is -2.24. The summed E-state index contributed by atoms with van der Waals surface area (Å²) in [5, 5.41) is 9.21. The number of rotatable bonds is 7. The highest BCUT2D eigenvalue weighted by Gasteiger charge is 2.22. The molecule has 102 valence electrons. The molecule has 1 atom stereocenters. The van der Waals surface area contributed by atoms with Crippen molar-refractivity contribution in [2.24, 2.45) is 11.8 Å². The molecular formula is C14H22O4. The van der Waals surface area contributed by atoms with Crippen LogP contribution in [0.5, 0.6) is 0 Å². The van der Waals surface area contributed by atoms with Crippen molar-refractivity contribution in [3.05, 3.63) is 25.3 Å². The van der Waals surface area contributed by atoms with Gasteiger partial charge in [-0.25, -0.2) is 4.79 Å². The second-order valence-electron chi connectivity index (χ2n) is 4.68. The number of esters is 1. The molecule has 1 N–H and O–H groups in total. The van der Waals surface area contributed by atoms with Gasteiger partial charge in [0.15, 0.2) is 6.29 Å². The second-order valence-corrected chi connectivity index (χ2v) is 4.68. The monoisotopic (exact) mass is 254 g/mol. The topological polar surface area (TPSA) is 55.8 Å². The fourth-order valence-electron chi connectivity index (χ4n) is 2.13. The fraction of sp³-hybridized carbons (Fsp3) is 0.643. The van der Waals surface area contributed by atoms with E-state index in [1.165, 1.54) is 12.2 Å². The van der Waals surface area contributed by atoms with E-state index in [-0.39, 0.29) is 5.97 Å². The number of hydrogen-bond donors (Lipinski definition) is 1. The highest BCUT2D eigenvalue weighted by atomic mass is 16.6. The third-order valence-electron chi connectivity index (χ3n) is 3.30. The number of carbonyl (C=O) groups is 1. The molecule has 4 heteroatoms. The lowest BCUT2D eigenvalue weighted by Gasteiger charge is -2.28. The molecule has 1 rings (SSSR count). The van der Waals surface area contributed by atoms with E-state index < -0.39 is 6.29 Å². The van der Waals surface area contributed by atoms with Gasteiger partial charge in [-0.2, -0.15) is 0 Å². The van der Waals surface area contributed by atoms with Crippen molar-refractivity contribution in [3.63, 3.8) is 0 Å². The average molecular weight is 254 g/mol. The first kappa shape index (κ1) is 14.9. The maximum absolute atomic E-state index is 10.9. The first-order valence-corrected chi connectivity index (χ1v) is 6.37. The maximum atomic E-state index is 10.9. The van der Waals surface area contributed by atoms with Crippen molar-refractivity contribution in [1.29, 1.82) is 0 Å². The molecule has 0 aromatic carbocycles. The normalized spacial score (nSPS) is 25.2. The van der Waals surface area contributed by atoms with Crippen molar-refractivity contribution < 1.29 is 19.4 Å². The van der Waals surface area contributed by atoms with Crippen molar-refractivity contribution in [1.82, 2.24) is 0 Å². The number of carbonyl (C=O) groups excluding carboxylic acids is 1. The van der Waals surface area contributed by atoms with Gasteiger partial charge in [0, 0.05) is 6.08 Å². The quantitative estimate of drug-likeness (QED) is 0.327. The summed E-state index contributed by atoms with van der Waals surface area (Å²) in [5.74, 6) is 0.565. The van der Waals surface area contributed by atoms with Crippen LogP contribution in [0, 0.1) is 11.8 Å². The third-order valence-corrected chi connectivity index (χ3v) is 3.30. The van der Waals surface area contributed by atoms with E-state index in [9.17, 15) is 9.90 Å². The van der Waals surface area contributed by atoms with Crippen LogP contribution >= 0.6 is 0 Å². The van der Waals surface area contributed by atoms with Crippen LogP contribution in [-0.2, 0) is 14.3 Å². The minimum Gasteiger partial charge on any atom is -0.462 e. The molecule has 0 aromatic rings. The van der Waals surface area contributed by atoms with Crippen LogP contribution in [-0.4, -0.2) is 30.6 Å². The molecule has 1 saturated carbocycles. The summed E-state index contributed by atoms with van der Waals surface area (Å²) in [4.78, 5) is 10.9. The summed E-state index contributed by atoms with van der Waals surface area (Å²) in [6.45, 7) is 7.86. The zero-order valence-electron chi connectivity index (χ0n) is 10.7. The van der Waals surface area contributed by atoms with Crippen molar-refractivity contribution >= 4 is 5.97 Å². The van der Waals surface area contributed by atoms with Gasteiger partial charge in [0.25, 0.3) is 0 Å². The van der Waals surface area contributed by atoms with Gasteiger partial charge in [-0.3, -0.25) is 0 Å². The van der Waals surface area contributed by atoms with Gasteiger partial charge in [-0.05, 0) is 43.6 Å². The molecule has 0 spiro atoms. The molecule has 4 nitrogen and oxygen atoms in total. The number of ether oxygens (including phenoxy) is 2. The molecule has 1 aliphatic rings. The van der Waals surface area contributed by atoms with E-state index in [2.05, 4.69) is 13.2 Å². The van der Waals surface area contributed by atoms with Crippen molar-refractivity contribution in [2.45, 2.75) is 32.0 Å². The molecule has 0 aliphatic heterocycles. The van der Waals surface area contributed by atoms with Gasteiger partial charge in [-0.1, -0.05) is 13.2 Å². The van der Waals surface area contributed by atoms with Crippen LogP contribution in [0.4, 0.5) is 0 Å². The van der Waals surface area contributed by atoms with Crippen LogP contribution in [0.25, 0.3) is 0 Å². The number of aliphatic hydroxyl groups is 1. The van der Waals surface area contributed by atoms with Gasteiger partial charge in [-0.15, -0.1) is 0 Å². The lowest BCUT2D eigenvalue weighted by atomic mass is 9.83. The molecule has 18 heavy (non-hydrogen) atoms. The van der Waals surface area contributed by atoms with Crippen molar-refractivity contribution in [2.75, 3.05) is 13.2 Å². The highest BCUT2D eigenvalue weighted by molar-refractivity contribution is 5.81. The maximum Gasteiger partial charge on any atom is 0.330 e. The standard InChI is InChI=1S/C14H22O4/c1-3-13(15)17-9-11-5-7-12(8-6-11)10-18-14(16)4-2/h3-4,11-13,15H,1-2,5-10H2. The van der Waals surface area contributed by atoms with Gasteiger partial charge in [0.1, 0.15) is 0 Å². The minimum atomic E-state index is -0.865. The van der Waals surface area contributed by atoms with Crippen LogP contribution in [0.3, 0.4) is 0 Å². The largest absolute Gasteiger partial charge is 0.462 e. The molecule has 0 radical (unpaired) electrons. The molecule has 0 amide bonds. The third kappa shape index (κ3) is 5.47. The van der Waals surface area contributed by atoms with E-state index in [4.69, 9.17) is 9.47 Å². The molecule has 0 saturated heterocycles. The molecule has 1 aliphatic carbocycles. The molecular weight excluding hydrogens is 232 g/mol. The summed E-state index contributed by atoms with van der Waals surface area (Å²) in [6, 6.07) is 0. The Morgan fingerprint density at radius 2 is 1.78 bits per heavy atom. The smallest absolute Gasteiger partial charge is 0.330 e. The van der Waals surface area contributed by atoms with E-state index >= 15 is 0 Å². The zero-order valence-corrected chi connectivity index (χ0v) is 10.7. The summed E-state index contributed by atoms with van der Waals surface area (Å²) in [6.07, 6.45) is 5.85. The molecule has 0 bridgehead atoms. The van der Waals surface area contributed by atoms with E-state index in [0.29, 0.717) is 25.0 Å². The average Bonchev–Trinajstić information content (AvgIpc) is 2.43. The first-order chi connectivity index (χ1) is 8.65. The fourth-order valence-corrected chi connectivity index (χ4v) is 2.13. The Balaban J connectivity index is 2.14. The van der Waals surface area contributed by atoms with Crippen LogP contribution in [0.2, 0.25) is 0 Å². The summed E-state index contributed by atoms with van der Waals surface area (Å²) < 4.78 is 10.3. The SMILES string of the molecule is C=CC(=O)OCC1CCC(COC(O)C=C)CC1. The molecule has 1 fully saturated rings. The minimum absolute atomic E-state index is 0.352. The predicted octanol–water partition coefficient (Wildman–Crippen LogP) is 2.04. The van der Waals surface area contributed by atoms with Crippen LogP contribution in [0.15, 0.2) is 25.3 Å². The zero-order chi connectivity index (χ0) is 13.4. The Labute approximate surface area is 108 Å². The Kier molecular flexibility index (Phi) is 6.68. The number of hydrogen-bond acceptors (Lipinski definition) is 4. The summed E-state index contributed by atoms with van der Waals surface area (Å²) in [5.41, 5.74) is 0. The lowest BCUT2D eigenvalue weighted by molar-refractivity contribution is -0.139. The van der Waals surface area contributed by atoms with Crippen LogP contribution in [0.1, 0.15) is 25.7 Å². The predicted molar refractivity (Wildman–Crippen MR) is 68.8 cm³/mol. The number of aliphatic hydroxyl groups excluding tert-OH is 1. The van der Waals surface area contributed by atoms with Gasteiger partial charge < -0.3 is 14.6 Å². The van der Waals surface area contributed by atoms with Crippen molar-refractivity contribution in [3.8, 4) is 0 Å². The van der Waals surface area contributed by atoms with Crippen LogP contribution < -0.4 is 0 Å². The van der Waals surface area contributed by atoms with E-state index in [1.807, 2.05) is 0 Å². The summed E-state index contributed by atoms with van der Waals surface area (Å²) >= 11 is 0. The summed E-state index contributed by atoms with van der Waals surface area (Å²) in [7, 11) is 0. The van der Waals surface area contributed by atoms with Gasteiger partial charge in [0.05, 0.1) is 13.2 Å². The highest BCUT2D eigenvalue weighted by Crippen LogP contribution is 2.29. The Bertz CT molecular complexity index is 280. The molecule has 0 aromatic heterocycles. The Morgan fingerprint density at radius 3 is 2.28 bits per heavy atom. The van der Waals surface area contributed by atoms with E-state index in [0.717, 1.165) is 25.7 Å². The van der Waals surface area contributed by atoms with Gasteiger partial charge >= 0.3 is 5.97 Å². The Hall–Kier alpha value is -1.13.